The highest BCUT2D eigenvalue weighted by Crippen LogP contribution is 2.41. The van der Waals surface area contributed by atoms with E-state index in [1.54, 1.807) is 0 Å². The molecular weight excluding hydrogens is 410 g/mol. The molecule has 0 bridgehead atoms. The van der Waals surface area contributed by atoms with Crippen molar-refractivity contribution in [3.63, 3.8) is 0 Å². The standard InChI is InChI=1S/C29H38P2/c1-3-4-5-21-8-12-22(13-9-21)23-14-16-25(17-15-23)27-19-18-26(28(30)29(27)31)24-10-6-20(2)7-11-24/h3,6-7,10-11,14,16,18-19,21-23,25H,1,4-5,8-9,12-13,15,17,30-31H2,2H3. The van der Waals surface area contributed by atoms with E-state index in [0.717, 1.165) is 17.8 Å². The number of hydrogen-bond donors (Lipinski definition) is 0. The van der Waals surface area contributed by atoms with Gasteiger partial charge in [0.15, 0.2) is 0 Å². The van der Waals surface area contributed by atoms with Crippen LogP contribution in [0.4, 0.5) is 0 Å². The number of benzene rings is 2. The van der Waals surface area contributed by atoms with Crippen LogP contribution in [-0.2, 0) is 0 Å². The van der Waals surface area contributed by atoms with Crippen LogP contribution < -0.4 is 10.6 Å². The molecule has 4 rings (SSSR count). The Morgan fingerprint density at radius 2 is 1.61 bits per heavy atom. The van der Waals surface area contributed by atoms with Crippen LogP contribution >= 0.6 is 18.5 Å². The molecule has 1 fully saturated rings. The topological polar surface area (TPSA) is 0 Å². The van der Waals surface area contributed by atoms with Crippen LogP contribution in [0.2, 0.25) is 0 Å². The molecule has 4 atom stereocenters. The summed E-state index contributed by atoms with van der Waals surface area (Å²) in [6, 6.07) is 13.6. The normalized spacial score (nSPS) is 26.0. The summed E-state index contributed by atoms with van der Waals surface area (Å²) >= 11 is 0. The zero-order chi connectivity index (χ0) is 21.8. The number of allylic oxidation sites excluding steroid dienone is 3. The zero-order valence-corrected chi connectivity index (χ0v) is 21.3. The van der Waals surface area contributed by atoms with Gasteiger partial charge in [0.2, 0.25) is 0 Å². The Hall–Kier alpha value is -1.22. The Labute approximate surface area is 194 Å². The highest BCUT2D eigenvalue weighted by atomic mass is 31.0. The van der Waals surface area contributed by atoms with E-state index >= 15 is 0 Å². The Morgan fingerprint density at radius 1 is 0.871 bits per heavy atom. The fraction of sp³-hybridized carbons (Fsp3) is 0.448. The number of aryl methyl sites for hydroxylation is 1. The fourth-order valence-electron chi connectivity index (χ4n) is 5.71. The second-order valence-corrected chi connectivity index (χ2v) is 10.9. The lowest BCUT2D eigenvalue weighted by Gasteiger charge is -2.35. The molecule has 0 radical (unpaired) electrons. The van der Waals surface area contributed by atoms with Crippen LogP contribution in [0.5, 0.6) is 0 Å². The van der Waals surface area contributed by atoms with Crippen molar-refractivity contribution in [1.82, 2.24) is 0 Å². The molecule has 2 aliphatic rings. The third-order valence-electron chi connectivity index (χ3n) is 7.76. The molecule has 0 nitrogen and oxygen atoms in total. The summed E-state index contributed by atoms with van der Waals surface area (Å²) in [6.45, 7) is 6.03. The molecule has 1 saturated carbocycles. The molecule has 0 heterocycles. The fourth-order valence-corrected chi connectivity index (χ4v) is 6.61. The van der Waals surface area contributed by atoms with Crippen molar-refractivity contribution >= 4 is 29.1 Å². The monoisotopic (exact) mass is 448 g/mol. The van der Waals surface area contributed by atoms with Gasteiger partial charge in [-0.05, 0) is 90.5 Å². The lowest BCUT2D eigenvalue weighted by Crippen LogP contribution is -2.25. The summed E-state index contributed by atoms with van der Waals surface area (Å²) < 4.78 is 0. The van der Waals surface area contributed by atoms with E-state index in [9.17, 15) is 0 Å². The highest BCUT2D eigenvalue weighted by molar-refractivity contribution is 7.36. The predicted octanol–water partition coefficient (Wildman–Crippen LogP) is 7.49. The Kier molecular flexibility index (Phi) is 7.85. The maximum atomic E-state index is 3.89. The van der Waals surface area contributed by atoms with Gasteiger partial charge in [-0.2, -0.15) is 0 Å². The third-order valence-corrected chi connectivity index (χ3v) is 9.36. The van der Waals surface area contributed by atoms with Crippen molar-refractivity contribution in [3.05, 3.63) is 72.3 Å². The predicted molar refractivity (Wildman–Crippen MR) is 145 cm³/mol. The molecule has 31 heavy (non-hydrogen) atoms. The minimum Gasteiger partial charge on any atom is -0.105 e. The molecule has 0 amide bonds. The molecule has 2 heteroatoms. The Morgan fingerprint density at radius 3 is 2.26 bits per heavy atom. The number of rotatable bonds is 6. The first-order chi connectivity index (χ1) is 15.1. The van der Waals surface area contributed by atoms with E-state index < -0.39 is 0 Å². The van der Waals surface area contributed by atoms with Crippen LogP contribution in [-0.4, -0.2) is 0 Å². The second kappa shape index (κ2) is 10.6. The van der Waals surface area contributed by atoms with Gasteiger partial charge in [0.25, 0.3) is 0 Å². The first-order valence-corrected chi connectivity index (χ1v) is 13.3. The van der Waals surface area contributed by atoms with Gasteiger partial charge in [0.05, 0.1) is 0 Å². The van der Waals surface area contributed by atoms with E-state index in [1.807, 2.05) is 0 Å². The average molecular weight is 449 g/mol. The Bertz CT molecular complexity index is 916. The molecule has 164 valence electrons. The molecule has 0 aromatic heterocycles. The van der Waals surface area contributed by atoms with E-state index in [-0.39, 0.29) is 0 Å². The molecule has 0 N–H and O–H groups in total. The van der Waals surface area contributed by atoms with Gasteiger partial charge < -0.3 is 0 Å². The van der Waals surface area contributed by atoms with Crippen molar-refractivity contribution in [2.75, 3.05) is 0 Å². The van der Waals surface area contributed by atoms with Gasteiger partial charge in [-0.3, -0.25) is 0 Å². The minimum absolute atomic E-state index is 0.555. The minimum atomic E-state index is 0.555. The van der Waals surface area contributed by atoms with Gasteiger partial charge in [0.1, 0.15) is 0 Å². The average Bonchev–Trinajstić information content (AvgIpc) is 2.81. The quantitative estimate of drug-likeness (QED) is 0.317. The second-order valence-electron chi connectivity index (χ2n) is 9.78. The molecule has 4 unspecified atom stereocenters. The maximum Gasteiger partial charge on any atom is 0.00246 e. The molecule has 2 aromatic rings. The first kappa shape index (κ1) is 23.0. The molecule has 0 aliphatic heterocycles. The highest BCUT2D eigenvalue weighted by Gasteiger charge is 2.29. The smallest absolute Gasteiger partial charge is 0.00246 e. The summed E-state index contributed by atoms with van der Waals surface area (Å²) in [4.78, 5) is 0. The first-order valence-electron chi connectivity index (χ1n) is 12.1. The van der Waals surface area contributed by atoms with Crippen molar-refractivity contribution in [2.45, 2.75) is 64.2 Å². The summed E-state index contributed by atoms with van der Waals surface area (Å²) in [5, 5.41) is 2.68. The van der Waals surface area contributed by atoms with E-state index in [4.69, 9.17) is 0 Å². The largest absolute Gasteiger partial charge is 0.105 e. The molecule has 0 spiro atoms. The molecular formula is C29H38P2. The van der Waals surface area contributed by atoms with E-state index in [2.05, 4.69) is 86.6 Å². The molecule has 2 aliphatic carbocycles. The summed E-state index contributed by atoms with van der Waals surface area (Å²) in [6.07, 6.45) is 18.1. The summed E-state index contributed by atoms with van der Waals surface area (Å²) in [5.74, 6) is 3.21. The number of hydrogen-bond acceptors (Lipinski definition) is 0. The van der Waals surface area contributed by atoms with Crippen LogP contribution in [0.3, 0.4) is 0 Å². The van der Waals surface area contributed by atoms with Gasteiger partial charge >= 0.3 is 0 Å². The van der Waals surface area contributed by atoms with Gasteiger partial charge in [0, 0.05) is 5.92 Å². The lowest BCUT2D eigenvalue weighted by atomic mass is 9.70. The van der Waals surface area contributed by atoms with Crippen LogP contribution in [0.15, 0.2) is 61.2 Å². The van der Waals surface area contributed by atoms with Gasteiger partial charge in [-0.15, -0.1) is 25.1 Å². The van der Waals surface area contributed by atoms with Gasteiger partial charge in [-0.1, -0.05) is 73.0 Å². The van der Waals surface area contributed by atoms with E-state index in [1.165, 1.54) is 84.2 Å². The van der Waals surface area contributed by atoms with Gasteiger partial charge in [-0.25, -0.2) is 0 Å². The molecule has 0 saturated heterocycles. The van der Waals surface area contributed by atoms with Crippen LogP contribution in [0.25, 0.3) is 11.1 Å². The summed E-state index contributed by atoms with van der Waals surface area (Å²) in [5.41, 5.74) is 5.41. The third kappa shape index (κ3) is 5.41. The molecule has 2 aromatic carbocycles. The van der Waals surface area contributed by atoms with Crippen molar-refractivity contribution in [2.24, 2.45) is 17.8 Å². The SMILES string of the molecule is C=CCCC1CCC(C2C=CC(c3ccc(-c4ccc(C)cc4)c(P)c3P)CC2)CC1. The summed E-state index contributed by atoms with van der Waals surface area (Å²) in [7, 11) is 6.03. The van der Waals surface area contributed by atoms with Crippen LogP contribution in [0, 0.1) is 24.7 Å². The van der Waals surface area contributed by atoms with Crippen molar-refractivity contribution < 1.29 is 0 Å². The van der Waals surface area contributed by atoms with Crippen molar-refractivity contribution in [3.8, 4) is 11.1 Å². The van der Waals surface area contributed by atoms with Crippen LogP contribution in [0.1, 0.15) is 68.4 Å². The lowest BCUT2D eigenvalue weighted by molar-refractivity contribution is 0.210. The van der Waals surface area contributed by atoms with Crippen molar-refractivity contribution in [1.29, 1.82) is 0 Å². The Balaban J connectivity index is 1.42. The maximum absolute atomic E-state index is 3.89. The van der Waals surface area contributed by atoms with E-state index in [0.29, 0.717) is 5.92 Å². The zero-order valence-electron chi connectivity index (χ0n) is 19.0.